The lowest BCUT2D eigenvalue weighted by atomic mass is 10.0. The minimum absolute atomic E-state index is 0.598. The molecule has 0 bridgehead atoms. The molecule has 2 aromatic rings. The number of benzene rings is 2. The Morgan fingerprint density at radius 2 is 1.68 bits per heavy atom. The summed E-state index contributed by atoms with van der Waals surface area (Å²) in [6.07, 6.45) is 3.44. The van der Waals surface area contributed by atoms with Crippen LogP contribution in [0.5, 0.6) is 0 Å². The van der Waals surface area contributed by atoms with Gasteiger partial charge in [0.1, 0.15) is 0 Å². The zero-order valence-corrected chi connectivity index (χ0v) is 16.6. The van der Waals surface area contributed by atoms with Gasteiger partial charge in [0.2, 0.25) is 0 Å². The monoisotopic (exact) mass is 381 g/mol. The van der Waals surface area contributed by atoms with Gasteiger partial charge in [-0.25, -0.2) is 4.79 Å². The van der Waals surface area contributed by atoms with Crippen LogP contribution in [-0.2, 0) is 0 Å². The van der Waals surface area contributed by atoms with E-state index < -0.39 is 6.09 Å². The first-order valence-corrected chi connectivity index (χ1v) is 10.2. The smallest absolute Gasteiger partial charge is 0.409 e. The van der Waals surface area contributed by atoms with Crippen LogP contribution in [0.2, 0.25) is 0 Å². The highest BCUT2D eigenvalue weighted by molar-refractivity contribution is 5.90. The van der Waals surface area contributed by atoms with Gasteiger partial charge >= 0.3 is 6.09 Å². The number of fused-ring (bicyclic) bond motifs is 1. The van der Waals surface area contributed by atoms with Crippen molar-refractivity contribution in [1.82, 2.24) is 10.2 Å². The summed E-state index contributed by atoms with van der Waals surface area (Å²) in [4.78, 5) is 13.3. The largest absolute Gasteiger partial charge is 0.465 e. The Balaban J connectivity index is 0.000000167. The molecule has 5 heteroatoms. The lowest BCUT2D eigenvalue weighted by Gasteiger charge is -2.15. The van der Waals surface area contributed by atoms with E-state index in [9.17, 15) is 4.79 Å². The van der Waals surface area contributed by atoms with Gasteiger partial charge < -0.3 is 15.3 Å². The summed E-state index contributed by atoms with van der Waals surface area (Å²) in [5, 5.41) is 14.3. The van der Waals surface area contributed by atoms with Crippen molar-refractivity contribution in [2.24, 2.45) is 11.8 Å². The molecule has 28 heavy (non-hydrogen) atoms. The molecule has 1 aliphatic heterocycles. The standard InChI is InChI=1S/C13H11NO2.C10H20N2/c15-13(16)14-12-9-5-4-8-11(12)10-6-2-1-3-7-10;1-11-5-6-12-7-9-3-2-4-10(9)8-12/h1-9,14H,(H,15,16);9-11H,2-8H2,1H3. The predicted octanol–water partition coefficient (Wildman–Crippen LogP) is 4.38. The molecular weight excluding hydrogens is 350 g/mol. The van der Waals surface area contributed by atoms with E-state index in [4.69, 9.17) is 5.11 Å². The van der Waals surface area contributed by atoms with E-state index in [-0.39, 0.29) is 0 Å². The molecule has 1 saturated carbocycles. The zero-order valence-electron chi connectivity index (χ0n) is 16.6. The minimum Gasteiger partial charge on any atom is -0.465 e. The maximum Gasteiger partial charge on any atom is 0.409 e. The van der Waals surface area contributed by atoms with Crippen LogP contribution in [0.15, 0.2) is 54.6 Å². The number of hydrogen-bond acceptors (Lipinski definition) is 3. The van der Waals surface area contributed by atoms with Crippen molar-refractivity contribution >= 4 is 11.8 Å². The highest BCUT2D eigenvalue weighted by atomic mass is 16.4. The molecule has 1 saturated heterocycles. The summed E-state index contributed by atoms with van der Waals surface area (Å²) < 4.78 is 0. The first-order chi connectivity index (χ1) is 13.7. The summed E-state index contributed by atoms with van der Waals surface area (Å²) in [7, 11) is 2.04. The molecule has 2 atom stereocenters. The average Bonchev–Trinajstić information content (AvgIpc) is 3.29. The SMILES string of the molecule is CNCCN1CC2CCCC2C1.O=C(O)Nc1ccccc1-c1ccccc1. The molecule has 3 N–H and O–H groups in total. The number of carbonyl (C=O) groups is 1. The first-order valence-electron chi connectivity index (χ1n) is 10.2. The molecule has 5 nitrogen and oxygen atoms in total. The van der Waals surface area contributed by atoms with Gasteiger partial charge in [0.25, 0.3) is 0 Å². The summed E-state index contributed by atoms with van der Waals surface area (Å²) in [5.41, 5.74) is 2.47. The third-order valence-corrected chi connectivity index (χ3v) is 5.73. The number of nitrogens with one attached hydrogen (secondary N) is 2. The Kier molecular flexibility index (Phi) is 7.46. The van der Waals surface area contributed by atoms with Gasteiger partial charge in [-0.3, -0.25) is 5.32 Å². The minimum atomic E-state index is -1.05. The van der Waals surface area contributed by atoms with E-state index in [0.717, 1.165) is 29.5 Å². The number of likely N-dealkylation sites (N-methyl/N-ethyl adjacent to an activating group) is 1. The number of para-hydroxylation sites is 1. The molecular formula is C23H31N3O2. The second-order valence-electron chi connectivity index (χ2n) is 7.66. The van der Waals surface area contributed by atoms with E-state index in [0.29, 0.717) is 5.69 Å². The summed E-state index contributed by atoms with van der Waals surface area (Å²) in [5.74, 6) is 2.11. The van der Waals surface area contributed by atoms with Gasteiger partial charge in [-0.15, -0.1) is 0 Å². The Labute approximate surface area is 167 Å². The molecule has 0 aromatic heterocycles. The molecule has 0 spiro atoms. The van der Waals surface area contributed by atoms with Crippen LogP contribution in [0.4, 0.5) is 10.5 Å². The van der Waals surface area contributed by atoms with Crippen molar-refractivity contribution in [2.75, 3.05) is 38.5 Å². The molecule has 1 amide bonds. The average molecular weight is 382 g/mol. The van der Waals surface area contributed by atoms with Gasteiger partial charge in [0.05, 0.1) is 5.69 Å². The number of nitrogens with zero attached hydrogens (tertiary/aromatic N) is 1. The number of rotatable bonds is 5. The van der Waals surface area contributed by atoms with Crippen LogP contribution in [0.1, 0.15) is 19.3 Å². The quantitative estimate of drug-likeness (QED) is 0.719. The molecule has 1 aliphatic carbocycles. The molecule has 2 aromatic carbocycles. The lowest BCUT2D eigenvalue weighted by molar-refractivity contribution is 0.210. The molecule has 150 valence electrons. The van der Waals surface area contributed by atoms with Crippen LogP contribution in [0.3, 0.4) is 0 Å². The third kappa shape index (κ3) is 5.57. The molecule has 2 unspecified atom stereocenters. The maximum absolute atomic E-state index is 10.6. The third-order valence-electron chi connectivity index (χ3n) is 5.73. The maximum atomic E-state index is 10.6. The van der Waals surface area contributed by atoms with Crippen LogP contribution < -0.4 is 10.6 Å². The van der Waals surface area contributed by atoms with E-state index in [1.54, 1.807) is 12.1 Å². The van der Waals surface area contributed by atoms with Gasteiger partial charge in [-0.1, -0.05) is 55.0 Å². The van der Waals surface area contributed by atoms with Crippen LogP contribution in [0, 0.1) is 11.8 Å². The first kappa shape index (κ1) is 20.4. The number of amides is 1. The van der Waals surface area contributed by atoms with Crippen molar-refractivity contribution in [3.63, 3.8) is 0 Å². The molecule has 1 heterocycles. The van der Waals surface area contributed by atoms with E-state index in [1.807, 2.05) is 49.5 Å². The highest BCUT2D eigenvalue weighted by Crippen LogP contribution is 2.37. The lowest BCUT2D eigenvalue weighted by Crippen LogP contribution is -2.29. The predicted molar refractivity (Wildman–Crippen MR) is 115 cm³/mol. The Bertz CT molecular complexity index is 739. The van der Waals surface area contributed by atoms with Crippen molar-refractivity contribution in [3.05, 3.63) is 54.6 Å². The summed E-state index contributed by atoms with van der Waals surface area (Å²) in [6, 6.07) is 17.0. The normalized spacial score (nSPS) is 20.9. The molecule has 2 fully saturated rings. The fourth-order valence-electron chi connectivity index (χ4n) is 4.36. The fourth-order valence-corrected chi connectivity index (χ4v) is 4.36. The summed E-state index contributed by atoms with van der Waals surface area (Å²) in [6.45, 7) is 5.17. The Morgan fingerprint density at radius 1 is 1.04 bits per heavy atom. The Hall–Kier alpha value is -2.37. The summed E-state index contributed by atoms with van der Waals surface area (Å²) >= 11 is 0. The van der Waals surface area contributed by atoms with Gasteiger partial charge in [0, 0.05) is 31.7 Å². The van der Waals surface area contributed by atoms with Crippen LogP contribution in [-0.4, -0.2) is 49.3 Å². The van der Waals surface area contributed by atoms with E-state index in [1.165, 1.54) is 38.9 Å². The Morgan fingerprint density at radius 3 is 2.32 bits per heavy atom. The topological polar surface area (TPSA) is 64.6 Å². The van der Waals surface area contributed by atoms with E-state index >= 15 is 0 Å². The second kappa shape index (κ2) is 10.2. The van der Waals surface area contributed by atoms with Crippen molar-refractivity contribution in [3.8, 4) is 11.1 Å². The van der Waals surface area contributed by atoms with Crippen molar-refractivity contribution in [2.45, 2.75) is 19.3 Å². The van der Waals surface area contributed by atoms with Gasteiger partial charge in [0.15, 0.2) is 0 Å². The molecule has 0 radical (unpaired) electrons. The number of hydrogen-bond donors (Lipinski definition) is 3. The number of likely N-dealkylation sites (tertiary alicyclic amines) is 1. The highest BCUT2D eigenvalue weighted by Gasteiger charge is 2.35. The number of carboxylic acid groups (broad SMARTS) is 1. The molecule has 4 rings (SSSR count). The zero-order chi connectivity index (χ0) is 19.8. The number of anilines is 1. The van der Waals surface area contributed by atoms with Crippen LogP contribution >= 0.6 is 0 Å². The van der Waals surface area contributed by atoms with Crippen molar-refractivity contribution in [1.29, 1.82) is 0 Å². The molecule has 2 aliphatic rings. The van der Waals surface area contributed by atoms with Gasteiger partial charge in [-0.2, -0.15) is 0 Å². The fraction of sp³-hybridized carbons (Fsp3) is 0.435. The second-order valence-corrected chi connectivity index (χ2v) is 7.66. The van der Waals surface area contributed by atoms with E-state index in [2.05, 4.69) is 15.5 Å². The van der Waals surface area contributed by atoms with Crippen molar-refractivity contribution < 1.29 is 9.90 Å². The van der Waals surface area contributed by atoms with Crippen LogP contribution in [0.25, 0.3) is 11.1 Å². The van der Waals surface area contributed by atoms with Gasteiger partial charge in [-0.05, 0) is 43.4 Å².